The van der Waals surface area contributed by atoms with Gasteiger partial charge in [-0.2, -0.15) is 0 Å². The number of nitrogens with one attached hydrogen (secondary N) is 2. The normalized spacial score (nSPS) is 16.5. The number of sulfonamides is 1. The second-order valence-electron chi connectivity index (χ2n) is 7.12. The van der Waals surface area contributed by atoms with Crippen LogP contribution in [0.25, 0.3) is 0 Å². The Bertz CT molecular complexity index is 921. The van der Waals surface area contributed by atoms with Crippen LogP contribution >= 0.6 is 0 Å². The van der Waals surface area contributed by atoms with Crippen molar-refractivity contribution < 1.29 is 22.3 Å². The predicted octanol–water partition coefficient (Wildman–Crippen LogP) is 1.36. The third-order valence-corrected chi connectivity index (χ3v) is 5.61. The predicted molar refractivity (Wildman–Crippen MR) is 112 cm³/mol. The van der Waals surface area contributed by atoms with E-state index in [0.717, 1.165) is 17.7 Å². The molecule has 1 aromatic carbocycles. The van der Waals surface area contributed by atoms with Gasteiger partial charge in [0.25, 0.3) is 0 Å². The van der Waals surface area contributed by atoms with E-state index in [1.165, 1.54) is 12.1 Å². The first-order valence-electron chi connectivity index (χ1n) is 9.78. The van der Waals surface area contributed by atoms with Crippen molar-refractivity contribution in [1.29, 1.82) is 0 Å². The summed E-state index contributed by atoms with van der Waals surface area (Å²) in [5.74, 6) is 0.954. The zero-order chi connectivity index (χ0) is 21.5. The summed E-state index contributed by atoms with van der Waals surface area (Å²) in [4.78, 5) is 4.67. The highest BCUT2D eigenvalue weighted by atomic mass is 32.2. The molecule has 0 saturated carbocycles. The van der Waals surface area contributed by atoms with Crippen LogP contribution in [0, 0.1) is 0 Å². The molecule has 1 aromatic heterocycles. The molecule has 1 saturated heterocycles. The number of guanidine groups is 1. The largest absolute Gasteiger partial charge is 0.469 e. The van der Waals surface area contributed by atoms with Crippen molar-refractivity contribution in [2.45, 2.75) is 37.0 Å². The summed E-state index contributed by atoms with van der Waals surface area (Å²) in [7, 11) is -3.70. The van der Waals surface area contributed by atoms with E-state index in [1.807, 2.05) is 19.1 Å². The van der Waals surface area contributed by atoms with Crippen molar-refractivity contribution in [3.05, 3.63) is 54.0 Å². The Balaban J connectivity index is 1.57. The quantitative estimate of drug-likeness (QED) is 0.400. The number of nitrogens with two attached hydrogens (primary N) is 1. The summed E-state index contributed by atoms with van der Waals surface area (Å²) in [5, 5.41) is 11.7. The molecule has 0 radical (unpaired) electrons. The van der Waals surface area contributed by atoms with Gasteiger partial charge in [0.05, 0.1) is 30.9 Å². The zero-order valence-corrected chi connectivity index (χ0v) is 17.8. The van der Waals surface area contributed by atoms with Crippen molar-refractivity contribution in [1.82, 2.24) is 10.6 Å². The summed E-state index contributed by atoms with van der Waals surface area (Å²) in [6.07, 6.45) is 3.05. The molecule has 30 heavy (non-hydrogen) atoms. The average Bonchev–Trinajstić information content (AvgIpc) is 3.37. The van der Waals surface area contributed by atoms with Crippen LogP contribution < -0.4 is 15.8 Å². The maximum Gasteiger partial charge on any atom is 0.238 e. The second kappa shape index (κ2) is 10.1. The third kappa shape index (κ3) is 6.84. The maximum atomic E-state index is 11.4. The Morgan fingerprint density at radius 3 is 2.47 bits per heavy atom. The molecule has 0 aliphatic carbocycles. The van der Waals surface area contributed by atoms with Gasteiger partial charge in [-0.05, 0) is 36.8 Å². The van der Waals surface area contributed by atoms with Gasteiger partial charge in [-0.1, -0.05) is 12.1 Å². The average molecular weight is 437 g/mol. The summed E-state index contributed by atoms with van der Waals surface area (Å²) < 4.78 is 39.4. The van der Waals surface area contributed by atoms with Gasteiger partial charge >= 0.3 is 0 Å². The first kappa shape index (κ1) is 22.3. The van der Waals surface area contributed by atoms with Gasteiger partial charge in [0.15, 0.2) is 11.7 Å². The number of hydrogen-bond acceptors (Lipinski definition) is 6. The molecule has 2 heterocycles. The molecule has 0 bridgehead atoms. The Morgan fingerprint density at radius 2 is 1.83 bits per heavy atom. The fourth-order valence-electron chi connectivity index (χ4n) is 3.00. The van der Waals surface area contributed by atoms with E-state index in [4.69, 9.17) is 19.0 Å². The Kier molecular flexibility index (Phi) is 7.48. The number of aliphatic imine (C=N–C) groups is 1. The van der Waals surface area contributed by atoms with E-state index in [9.17, 15) is 8.42 Å². The van der Waals surface area contributed by atoms with Crippen molar-refractivity contribution in [3.63, 3.8) is 0 Å². The molecule has 1 aliphatic rings. The topological polar surface area (TPSA) is 128 Å². The number of furan rings is 1. The number of rotatable bonds is 9. The lowest BCUT2D eigenvalue weighted by molar-refractivity contribution is -0.145. The second-order valence-corrected chi connectivity index (χ2v) is 8.68. The first-order valence-corrected chi connectivity index (χ1v) is 11.3. The number of benzene rings is 1. The zero-order valence-electron chi connectivity index (χ0n) is 17.0. The van der Waals surface area contributed by atoms with Gasteiger partial charge < -0.3 is 24.5 Å². The van der Waals surface area contributed by atoms with Crippen LogP contribution in [0.3, 0.4) is 0 Å². The standard InChI is InChI=1S/C20H28N4O5S/c1-20(28-13-14-29-20)9-11-23-19(22-10-8-17-3-2-12-27-17)24-15-16-4-6-18(7-5-16)30(21,25)26/h2-7,12H,8-11,13-15H2,1H3,(H2,21,25,26)(H2,22,23,24). The van der Waals surface area contributed by atoms with Crippen molar-refractivity contribution in [2.24, 2.45) is 10.1 Å². The number of hydrogen-bond donors (Lipinski definition) is 3. The summed E-state index contributed by atoms with van der Waals surface area (Å²) in [5.41, 5.74) is 0.865. The van der Waals surface area contributed by atoms with Crippen molar-refractivity contribution in [2.75, 3.05) is 26.3 Å². The minimum absolute atomic E-state index is 0.0787. The van der Waals surface area contributed by atoms with Gasteiger partial charge in [-0.15, -0.1) is 0 Å². The fourth-order valence-corrected chi connectivity index (χ4v) is 3.51. The van der Waals surface area contributed by atoms with Gasteiger partial charge in [-0.25, -0.2) is 18.5 Å². The Morgan fingerprint density at radius 1 is 1.13 bits per heavy atom. The lowest BCUT2D eigenvalue weighted by Crippen LogP contribution is -2.41. The molecule has 1 fully saturated rings. The molecule has 0 spiro atoms. The Hall–Kier alpha value is -2.40. The van der Waals surface area contributed by atoms with Crippen LogP contribution in [-0.2, 0) is 32.5 Å². The van der Waals surface area contributed by atoms with E-state index in [0.29, 0.717) is 45.2 Å². The highest BCUT2D eigenvalue weighted by molar-refractivity contribution is 7.89. The van der Waals surface area contributed by atoms with Crippen LogP contribution in [0.1, 0.15) is 24.7 Å². The van der Waals surface area contributed by atoms with Crippen LogP contribution in [0.2, 0.25) is 0 Å². The lowest BCUT2D eigenvalue weighted by atomic mass is 10.2. The van der Waals surface area contributed by atoms with Gasteiger partial charge in [0.2, 0.25) is 10.0 Å². The third-order valence-electron chi connectivity index (χ3n) is 4.69. The smallest absolute Gasteiger partial charge is 0.238 e. The molecule has 10 heteroatoms. The fraction of sp³-hybridized carbons (Fsp3) is 0.450. The molecular formula is C20H28N4O5S. The number of ether oxygens (including phenoxy) is 2. The number of primary sulfonamides is 1. The minimum Gasteiger partial charge on any atom is -0.469 e. The summed E-state index contributed by atoms with van der Waals surface area (Å²) in [6.45, 7) is 4.78. The van der Waals surface area contributed by atoms with E-state index in [1.54, 1.807) is 18.4 Å². The van der Waals surface area contributed by atoms with E-state index in [2.05, 4.69) is 15.6 Å². The maximum absolute atomic E-state index is 11.4. The molecule has 4 N–H and O–H groups in total. The number of nitrogens with zero attached hydrogens (tertiary/aromatic N) is 1. The van der Waals surface area contributed by atoms with E-state index >= 15 is 0 Å². The minimum atomic E-state index is -3.70. The summed E-state index contributed by atoms with van der Waals surface area (Å²) >= 11 is 0. The molecule has 164 valence electrons. The van der Waals surface area contributed by atoms with Crippen molar-refractivity contribution >= 4 is 16.0 Å². The van der Waals surface area contributed by atoms with Crippen LogP contribution in [-0.4, -0.2) is 46.5 Å². The molecule has 2 aromatic rings. The van der Waals surface area contributed by atoms with Crippen LogP contribution in [0.5, 0.6) is 0 Å². The molecule has 1 aliphatic heterocycles. The van der Waals surface area contributed by atoms with Gasteiger partial charge in [-0.3, -0.25) is 0 Å². The molecular weight excluding hydrogens is 408 g/mol. The summed E-state index contributed by atoms with van der Waals surface area (Å²) in [6, 6.07) is 10.1. The van der Waals surface area contributed by atoms with E-state index < -0.39 is 15.8 Å². The van der Waals surface area contributed by atoms with Gasteiger partial charge in [0.1, 0.15) is 5.76 Å². The first-order chi connectivity index (χ1) is 14.3. The molecule has 0 amide bonds. The SMILES string of the molecule is CC1(CCNC(=NCc2ccc(S(N)(=O)=O)cc2)NCCc2ccco2)OCCO1. The van der Waals surface area contributed by atoms with Crippen LogP contribution in [0.4, 0.5) is 0 Å². The molecule has 0 unspecified atom stereocenters. The highest BCUT2D eigenvalue weighted by Crippen LogP contribution is 2.21. The Labute approximate surface area is 176 Å². The molecule has 3 rings (SSSR count). The van der Waals surface area contributed by atoms with E-state index in [-0.39, 0.29) is 4.90 Å². The monoisotopic (exact) mass is 436 g/mol. The molecule has 9 nitrogen and oxygen atoms in total. The highest BCUT2D eigenvalue weighted by Gasteiger charge is 2.30. The van der Waals surface area contributed by atoms with Crippen LogP contribution in [0.15, 0.2) is 57.0 Å². The van der Waals surface area contributed by atoms with Crippen molar-refractivity contribution in [3.8, 4) is 0 Å². The molecule has 0 atom stereocenters. The lowest BCUT2D eigenvalue weighted by Gasteiger charge is -2.23. The van der Waals surface area contributed by atoms with Gasteiger partial charge in [0, 0.05) is 25.9 Å².